The van der Waals surface area contributed by atoms with Crippen LogP contribution < -0.4 is 4.74 Å². The van der Waals surface area contributed by atoms with Gasteiger partial charge in [0.2, 0.25) is 0 Å². The molecule has 0 N–H and O–H groups in total. The van der Waals surface area contributed by atoms with E-state index in [4.69, 9.17) is 4.74 Å². The smallest absolute Gasteiger partial charge is 0.269 e. The maximum absolute atomic E-state index is 12.6. The Morgan fingerprint density at radius 1 is 1.09 bits per heavy atom. The van der Waals surface area contributed by atoms with Gasteiger partial charge in [-0.2, -0.15) is 0 Å². The van der Waals surface area contributed by atoms with Crippen LogP contribution in [0.5, 0.6) is 5.75 Å². The van der Waals surface area contributed by atoms with Gasteiger partial charge in [-0.15, -0.1) is 0 Å². The third-order valence-corrected chi connectivity index (χ3v) is 3.91. The van der Waals surface area contributed by atoms with Crippen molar-refractivity contribution in [1.82, 2.24) is 4.57 Å². The third-order valence-electron chi connectivity index (χ3n) is 3.91. The Morgan fingerprint density at radius 3 is 2.48 bits per heavy atom. The Bertz CT molecular complexity index is 876. The summed E-state index contributed by atoms with van der Waals surface area (Å²) in [7, 11) is 0. The molecule has 0 aliphatic rings. The number of aldehydes is 1. The van der Waals surface area contributed by atoms with Crippen molar-refractivity contribution in [1.29, 1.82) is 0 Å². The second kappa shape index (κ2) is 6.08. The number of benzene rings is 2. The molecule has 23 heavy (non-hydrogen) atoms. The lowest BCUT2D eigenvalue weighted by Crippen LogP contribution is -2.20. The number of aromatic nitrogens is 1. The van der Waals surface area contributed by atoms with Gasteiger partial charge in [-0.1, -0.05) is 35.9 Å². The monoisotopic (exact) mass is 307 g/mol. The standard InChI is InChI=1S/C19H17NO3/c1-13-7-9-15(10-8-13)23-12-19(22)20-14(2)17(11-21)16-5-3-4-6-18(16)20/h3-11H,12H2,1-2H3. The van der Waals surface area contributed by atoms with Crippen LogP contribution in [0.1, 0.15) is 26.4 Å². The first-order valence-electron chi connectivity index (χ1n) is 7.39. The quantitative estimate of drug-likeness (QED) is 0.689. The van der Waals surface area contributed by atoms with Crippen molar-refractivity contribution >= 4 is 23.1 Å². The average Bonchev–Trinajstić information content (AvgIpc) is 2.85. The molecule has 2 aromatic carbocycles. The van der Waals surface area contributed by atoms with E-state index >= 15 is 0 Å². The number of nitrogens with zero attached hydrogens (tertiary/aromatic N) is 1. The summed E-state index contributed by atoms with van der Waals surface area (Å²) in [5.74, 6) is 0.445. The Balaban J connectivity index is 1.90. The van der Waals surface area contributed by atoms with E-state index in [2.05, 4.69) is 0 Å². The zero-order valence-electron chi connectivity index (χ0n) is 13.1. The first-order valence-corrected chi connectivity index (χ1v) is 7.39. The fourth-order valence-electron chi connectivity index (χ4n) is 2.71. The Hall–Kier alpha value is -2.88. The van der Waals surface area contributed by atoms with Crippen molar-refractivity contribution in [2.75, 3.05) is 6.61 Å². The SMILES string of the molecule is Cc1ccc(OCC(=O)n2c(C)c(C=O)c3ccccc32)cc1. The fourth-order valence-corrected chi connectivity index (χ4v) is 2.71. The molecule has 0 aliphatic heterocycles. The van der Waals surface area contributed by atoms with Gasteiger partial charge in [0.25, 0.3) is 5.91 Å². The molecule has 116 valence electrons. The molecule has 0 saturated carbocycles. The van der Waals surface area contributed by atoms with Gasteiger partial charge in [-0.25, -0.2) is 0 Å². The second-order valence-corrected chi connectivity index (χ2v) is 5.46. The number of aryl methyl sites for hydroxylation is 1. The zero-order valence-corrected chi connectivity index (χ0v) is 13.1. The number of hydrogen-bond acceptors (Lipinski definition) is 3. The van der Waals surface area contributed by atoms with Crippen LogP contribution in [0.15, 0.2) is 48.5 Å². The number of carbonyl (C=O) groups is 2. The van der Waals surface area contributed by atoms with Gasteiger partial charge in [0, 0.05) is 16.6 Å². The summed E-state index contributed by atoms with van der Waals surface area (Å²) in [4.78, 5) is 23.9. The predicted octanol–water partition coefficient (Wildman–Crippen LogP) is 3.79. The lowest BCUT2D eigenvalue weighted by Gasteiger charge is -2.09. The summed E-state index contributed by atoms with van der Waals surface area (Å²) in [6, 6.07) is 14.9. The highest BCUT2D eigenvalue weighted by Gasteiger charge is 2.18. The van der Waals surface area contributed by atoms with E-state index in [0.29, 0.717) is 17.0 Å². The van der Waals surface area contributed by atoms with Gasteiger partial charge >= 0.3 is 0 Å². The molecule has 1 aromatic heterocycles. The molecule has 0 bridgehead atoms. The summed E-state index contributed by atoms with van der Waals surface area (Å²) in [5.41, 5.74) is 3.04. The zero-order chi connectivity index (χ0) is 16.4. The van der Waals surface area contributed by atoms with E-state index in [1.54, 1.807) is 11.5 Å². The van der Waals surface area contributed by atoms with Crippen molar-refractivity contribution in [3.8, 4) is 5.75 Å². The van der Waals surface area contributed by atoms with Gasteiger partial charge in [-0.05, 0) is 32.0 Å². The van der Waals surface area contributed by atoms with Gasteiger partial charge < -0.3 is 4.74 Å². The molecule has 4 heteroatoms. The van der Waals surface area contributed by atoms with E-state index in [9.17, 15) is 9.59 Å². The van der Waals surface area contributed by atoms with Crippen molar-refractivity contribution in [3.63, 3.8) is 0 Å². The average molecular weight is 307 g/mol. The number of rotatable bonds is 4. The van der Waals surface area contributed by atoms with Crippen molar-refractivity contribution in [2.45, 2.75) is 13.8 Å². The molecular formula is C19H17NO3. The molecule has 0 fully saturated rings. The van der Waals surface area contributed by atoms with Crippen LogP contribution in [0, 0.1) is 13.8 Å². The predicted molar refractivity (Wildman–Crippen MR) is 89.4 cm³/mol. The highest BCUT2D eigenvalue weighted by molar-refractivity contribution is 6.04. The van der Waals surface area contributed by atoms with Gasteiger partial charge in [-0.3, -0.25) is 14.2 Å². The lowest BCUT2D eigenvalue weighted by atomic mass is 10.1. The minimum atomic E-state index is -0.202. The van der Waals surface area contributed by atoms with E-state index < -0.39 is 0 Å². The van der Waals surface area contributed by atoms with E-state index in [1.807, 2.05) is 55.5 Å². The summed E-state index contributed by atoms with van der Waals surface area (Å²) >= 11 is 0. The topological polar surface area (TPSA) is 48.3 Å². The van der Waals surface area contributed by atoms with Crippen molar-refractivity contribution < 1.29 is 14.3 Å². The Kier molecular flexibility index (Phi) is 3.98. The largest absolute Gasteiger partial charge is 0.484 e. The summed E-state index contributed by atoms with van der Waals surface area (Å²) in [6.45, 7) is 3.68. The molecule has 0 atom stereocenters. The molecule has 3 rings (SSSR count). The molecular weight excluding hydrogens is 290 g/mol. The Labute approximate surface area is 134 Å². The molecule has 0 unspecified atom stereocenters. The van der Waals surface area contributed by atoms with Crippen molar-refractivity contribution in [2.24, 2.45) is 0 Å². The number of carbonyl (C=O) groups excluding carboxylic acids is 2. The van der Waals surface area contributed by atoms with Crippen LogP contribution in [0.4, 0.5) is 0 Å². The molecule has 0 radical (unpaired) electrons. The first-order chi connectivity index (χ1) is 11.1. The van der Waals surface area contributed by atoms with Crippen LogP contribution in [0.2, 0.25) is 0 Å². The molecule has 3 aromatic rings. The normalized spacial score (nSPS) is 10.7. The number of fused-ring (bicyclic) bond motifs is 1. The minimum Gasteiger partial charge on any atom is -0.484 e. The van der Waals surface area contributed by atoms with Crippen LogP contribution in [0.3, 0.4) is 0 Å². The number of ether oxygens (including phenoxy) is 1. The fraction of sp³-hybridized carbons (Fsp3) is 0.158. The lowest BCUT2D eigenvalue weighted by molar-refractivity contribution is 0.0841. The maximum Gasteiger partial charge on any atom is 0.269 e. The Morgan fingerprint density at radius 2 is 1.78 bits per heavy atom. The molecule has 0 aliphatic carbocycles. The second-order valence-electron chi connectivity index (χ2n) is 5.46. The van der Waals surface area contributed by atoms with Crippen LogP contribution in [-0.4, -0.2) is 23.4 Å². The van der Waals surface area contributed by atoms with E-state index in [1.165, 1.54) is 0 Å². The highest BCUT2D eigenvalue weighted by Crippen LogP contribution is 2.24. The highest BCUT2D eigenvalue weighted by atomic mass is 16.5. The number of hydrogen-bond donors (Lipinski definition) is 0. The summed E-state index contributed by atoms with van der Waals surface area (Å²) in [5, 5.41) is 0.781. The number of para-hydroxylation sites is 1. The summed E-state index contributed by atoms with van der Waals surface area (Å²) < 4.78 is 7.11. The molecule has 4 nitrogen and oxygen atoms in total. The van der Waals surface area contributed by atoms with Crippen molar-refractivity contribution in [3.05, 3.63) is 65.4 Å². The maximum atomic E-state index is 12.6. The van der Waals surface area contributed by atoms with Gasteiger partial charge in [0.15, 0.2) is 12.9 Å². The molecule has 0 spiro atoms. The van der Waals surface area contributed by atoms with Crippen LogP contribution >= 0.6 is 0 Å². The molecule has 1 heterocycles. The first kappa shape index (κ1) is 15.0. The van der Waals surface area contributed by atoms with Gasteiger partial charge in [0.05, 0.1) is 5.52 Å². The molecule has 0 amide bonds. The van der Waals surface area contributed by atoms with Gasteiger partial charge in [0.1, 0.15) is 5.75 Å². The minimum absolute atomic E-state index is 0.0825. The summed E-state index contributed by atoms with van der Waals surface area (Å²) in [6.07, 6.45) is 0.794. The van der Waals surface area contributed by atoms with Crippen LogP contribution in [0.25, 0.3) is 10.9 Å². The van der Waals surface area contributed by atoms with E-state index in [-0.39, 0.29) is 12.5 Å². The molecule has 0 saturated heterocycles. The van der Waals surface area contributed by atoms with Crippen LogP contribution in [-0.2, 0) is 0 Å². The third kappa shape index (κ3) is 2.75. The van der Waals surface area contributed by atoms with E-state index in [0.717, 1.165) is 22.8 Å².